The van der Waals surface area contributed by atoms with Gasteiger partial charge in [-0.1, -0.05) is 0 Å². The summed E-state index contributed by atoms with van der Waals surface area (Å²) >= 11 is 0. The molecule has 2 aliphatic heterocycles. The number of aromatic amines is 1. The van der Waals surface area contributed by atoms with Crippen LogP contribution in [0.15, 0.2) is 36.5 Å². The highest BCUT2D eigenvalue weighted by Crippen LogP contribution is 2.34. The van der Waals surface area contributed by atoms with E-state index in [0.29, 0.717) is 30.9 Å². The first-order valence-corrected chi connectivity index (χ1v) is 10.9. The second-order valence-corrected chi connectivity index (χ2v) is 8.42. The molecule has 1 aromatic carbocycles. The number of likely N-dealkylation sites (tertiary alicyclic amines) is 1. The van der Waals surface area contributed by atoms with E-state index in [-0.39, 0.29) is 23.5 Å². The van der Waals surface area contributed by atoms with E-state index in [2.05, 4.69) is 19.7 Å². The molecular weight excluding hydrogens is 437 g/mol. The lowest BCUT2D eigenvalue weighted by atomic mass is 9.89. The number of rotatable bonds is 4. The zero-order chi connectivity index (χ0) is 23.0. The lowest BCUT2D eigenvalue weighted by Crippen LogP contribution is -2.38. The Hall–Kier alpha value is -3.14. The molecule has 10 heteroatoms. The highest BCUT2D eigenvalue weighted by molar-refractivity contribution is 5.94. The molecule has 1 unspecified atom stereocenters. The molecule has 2 aromatic heterocycles. The van der Waals surface area contributed by atoms with Crippen LogP contribution in [0, 0.1) is 0 Å². The van der Waals surface area contributed by atoms with Crippen LogP contribution in [0.3, 0.4) is 0 Å². The number of hydrogen-bond acceptors (Lipinski definition) is 5. The fourth-order valence-corrected chi connectivity index (χ4v) is 4.61. The Morgan fingerprint density at radius 2 is 1.85 bits per heavy atom. The molecule has 1 atom stereocenters. The predicted molar refractivity (Wildman–Crippen MR) is 113 cm³/mol. The number of aromatic nitrogens is 3. The number of ether oxygens (including phenoxy) is 2. The Kier molecular flexibility index (Phi) is 5.69. The van der Waals surface area contributed by atoms with Gasteiger partial charge >= 0.3 is 6.36 Å². The third-order valence-corrected chi connectivity index (χ3v) is 6.32. The summed E-state index contributed by atoms with van der Waals surface area (Å²) in [6.07, 6.45) is -0.484. The van der Waals surface area contributed by atoms with Crippen LogP contribution in [-0.4, -0.2) is 58.4 Å². The summed E-state index contributed by atoms with van der Waals surface area (Å²) < 4.78 is 46.3. The quantitative estimate of drug-likeness (QED) is 0.625. The van der Waals surface area contributed by atoms with Gasteiger partial charge < -0.3 is 19.4 Å². The minimum absolute atomic E-state index is 0.197. The summed E-state index contributed by atoms with van der Waals surface area (Å²) in [6.45, 7) is 2.53. The summed E-state index contributed by atoms with van der Waals surface area (Å²) in [4.78, 5) is 27.1. The number of nitrogens with one attached hydrogen (secondary N) is 1. The maximum Gasteiger partial charge on any atom is 0.573 e. The number of hydrogen-bond donors (Lipinski definition) is 1. The van der Waals surface area contributed by atoms with Crippen molar-refractivity contribution in [1.29, 1.82) is 0 Å². The van der Waals surface area contributed by atoms with Gasteiger partial charge in [-0.2, -0.15) is 0 Å². The number of pyridine rings is 1. The number of imidazole rings is 1. The number of fused-ring (bicyclic) bond motifs is 1. The molecule has 2 fully saturated rings. The van der Waals surface area contributed by atoms with Crippen molar-refractivity contribution in [2.75, 3.05) is 26.3 Å². The first kappa shape index (κ1) is 21.7. The van der Waals surface area contributed by atoms with E-state index in [0.717, 1.165) is 54.9 Å². The molecule has 0 bridgehead atoms. The summed E-state index contributed by atoms with van der Waals surface area (Å²) in [5, 5.41) is 0. The maximum atomic E-state index is 12.8. The Morgan fingerprint density at radius 3 is 2.52 bits per heavy atom. The van der Waals surface area contributed by atoms with Crippen LogP contribution < -0.4 is 4.74 Å². The van der Waals surface area contributed by atoms with Crippen LogP contribution in [0.1, 0.15) is 52.8 Å². The molecule has 33 heavy (non-hydrogen) atoms. The fraction of sp³-hybridized carbons (Fsp3) is 0.435. The van der Waals surface area contributed by atoms with Gasteiger partial charge in [0.15, 0.2) is 5.65 Å². The Labute approximate surface area is 187 Å². The van der Waals surface area contributed by atoms with Crippen molar-refractivity contribution in [1.82, 2.24) is 19.9 Å². The number of nitrogens with zero attached hydrogens (tertiary/aromatic N) is 3. The van der Waals surface area contributed by atoms with Crippen molar-refractivity contribution in [3.63, 3.8) is 0 Å². The Balaban J connectivity index is 1.25. The lowest BCUT2D eigenvalue weighted by Gasteiger charge is -2.32. The van der Waals surface area contributed by atoms with Gasteiger partial charge in [0.05, 0.1) is 12.1 Å². The van der Waals surface area contributed by atoms with E-state index in [1.54, 1.807) is 11.1 Å². The van der Waals surface area contributed by atoms with Gasteiger partial charge in [-0.15, -0.1) is 13.2 Å². The third kappa shape index (κ3) is 4.66. The average molecular weight is 460 g/mol. The molecule has 5 rings (SSSR count). The van der Waals surface area contributed by atoms with Gasteiger partial charge in [0.25, 0.3) is 5.91 Å². The molecule has 7 nitrogen and oxygen atoms in total. The number of carbonyl (C=O) groups is 1. The molecule has 174 valence electrons. The molecule has 0 radical (unpaired) electrons. The zero-order valence-electron chi connectivity index (χ0n) is 17.8. The van der Waals surface area contributed by atoms with Crippen LogP contribution in [-0.2, 0) is 4.74 Å². The van der Waals surface area contributed by atoms with Gasteiger partial charge in [-0.05, 0) is 61.1 Å². The number of H-pyrrole nitrogens is 1. The number of carbonyl (C=O) groups excluding carboxylic acids is 1. The Bertz CT molecular complexity index is 1130. The minimum Gasteiger partial charge on any atom is -0.406 e. The molecular formula is C23H23F3N4O3. The minimum atomic E-state index is -4.76. The van der Waals surface area contributed by atoms with Crippen molar-refractivity contribution in [3.05, 3.63) is 53.5 Å². The number of halogens is 3. The summed E-state index contributed by atoms with van der Waals surface area (Å²) in [5.74, 6) is 0.891. The topological polar surface area (TPSA) is 80.3 Å². The zero-order valence-corrected chi connectivity index (χ0v) is 17.8. The molecule has 3 aromatic rings. The van der Waals surface area contributed by atoms with Gasteiger partial charge in [0, 0.05) is 37.4 Å². The maximum absolute atomic E-state index is 12.8. The molecule has 1 amide bonds. The average Bonchev–Trinajstić information content (AvgIpc) is 3.48. The van der Waals surface area contributed by atoms with E-state index in [9.17, 15) is 18.0 Å². The number of benzene rings is 1. The molecule has 0 aliphatic carbocycles. The summed E-state index contributed by atoms with van der Waals surface area (Å²) in [5.41, 5.74) is 3.14. The molecule has 0 spiro atoms. The molecule has 4 heterocycles. The standard InChI is InChI=1S/C23H23F3N4O3/c24-23(25,26)33-17-3-1-15(2-4-17)22(31)30-10-6-14(7-11-30)18-5-9-27-21-19(18)28-20(29-21)16-8-12-32-13-16/h1-5,9,14,16H,6-8,10-13H2,(H,27,28,29). The van der Waals surface area contributed by atoms with E-state index in [1.807, 2.05) is 6.07 Å². The number of piperidine rings is 1. The lowest BCUT2D eigenvalue weighted by molar-refractivity contribution is -0.274. The number of amides is 1. The Morgan fingerprint density at radius 1 is 1.09 bits per heavy atom. The van der Waals surface area contributed by atoms with Crippen molar-refractivity contribution in [3.8, 4) is 5.75 Å². The van der Waals surface area contributed by atoms with Gasteiger partial charge in [-0.25, -0.2) is 9.97 Å². The highest BCUT2D eigenvalue weighted by atomic mass is 19.4. The first-order chi connectivity index (χ1) is 15.9. The smallest absolute Gasteiger partial charge is 0.406 e. The molecule has 2 aliphatic rings. The SMILES string of the molecule is O=C(c1ccc(OC(F)(F)F)cc1)N1CCC(c2ccnc3nc(C4CCOC4)[nH]c23)CC1. The monoisotopic (exact) mass is 460 g/mol. The van der Waals surface area contributed by atoms with E-state index < -0.39 is 6.36 Å². The predicted octanol–water partition coefficient (Wildman–Crippen LogP) is 4.38. The van der Waals surface area contributed by atoms with Gasteiger partial charge in [-0.3, -0.25) is 4.79 Å². The van der Waals surface area contributed by atoms with E-state index in [4.69, 9.17) is 4.74 Å². The second-order valence-electron chi connectivity index (χ2n) is 8.42. The van der Waals surface area contributed by atoms with Crippen molar-refractivity contribution in [2.45, 2.75) is 37.5 Å². The second kappa shape index (κ2) is 8.66. The highest BCUT2D eigenvalue weighted by Gasteiger charge is 2.31. The fourth-order valence-electron chi connectivity index (χ4n) is 4.61. The van der Waals surface area contributed by atoms with Gasteiger partial charge in [0.1, 0.15) is 11.6 Å². The van der Waals surface area contributed by atoms with Crippen LogP contribution in [0.2, 0.25) is 0 Å². The molecule has 1 N–H and O–H groups in total. The van der Waals surface area contributed by atoms with E-state index in [1.165, 1.54) is 12.1 Å². The molecule has 0 saturated carbocycles. The van der Waals surface area contributed by atoms with Gasteiger partial charge in [0.2, 0.25) is 0 Å². The first-order valence-electron chi connectivity index (χ1n) is 10.9. The third-order valence-electron chi connectivity index (χ3n) is 6.32. The van der Waals surface area contributed by atoms with Crippen molar-refractivity contribution < 1.29 is 27.4 Å². The van der Waals surface area contributed by atoms with Crippen LogP contribution in [0.4, 0.5) is 13.2 Å². The summed E-state index contributed by atoms with van der Waals surface area (Å²) in [6, 6.07) is 7.05. The van der Waals surface area contributed by atoms with Crippen molar-refractivity contribution in [2.24, 2.45) is 0 Å². The molecule has 2 saturated heterocycles. The van der Waals surface area contributed by atoms with Crippen LogP contribution in [0.5, 0.6) is 5.75 Å². The number of alkyl halides is 3. The van der Waals surface area contributed by atoms with Crippen LogP contribution >= 0.6 is 0 Å². The van der Waals surface area contributed by atoms with Crippen LogP contribution in [0.25, 0.3) is 11.2 Å². The summed E-state index contributed by atoms with van der Waals surface area (Å²) in [7, 11) is 0. The normalized spacial score (nSPS) is 19.8. The van der Waals surface area contributed by atoms with Crippen molar-refractivity contribution >= 4 is 17.1 Å². The van der Waals surface area contributed by atoms with E-state index >= 15 is 0 Å². The largest absolute Gasteiger partial charge is 0.573 e.